The third kappa shape index (κ3) is 2.98. The van der Waals surface area contributed by atoms with E-state index in [1.807, 2.05) is 20.8 Å². The summed E-state index contributed by atoms with van der Waals surface area (Å²) in [5.41, 5.74) is 0.778. The smallest absolute Gasteiger partial charge is 0.263 e. The Morgan fingerprint density at radius 2 is 2.08 bits per heavy atom. The molecule has 1 atom stereocenters. The molecule has 2 aromatic heterocycles. The Morgan fingerprint density at radius 3 is 2.71 bits per heavy atom. The zero-order chi connectivity index (χ0) is 17.3. The summed E-state index contributed by atoms with van der Waals surface area (Å²) in [5.74, 6) is 0.781. The minimum absolute atomic E-state index is 0.177. The van der Waals surface area contributed by atoms with Crippen LogP contribution >= 0.6 is 0 Å². The molecule has 0 unspecified atom stereocenters. The van der Waals surface area contributed by atoms with Crippen LogP contribution in [-0.2, 0) is 13.1 Å². The van der Waals surface area contributed by atoms with E-state index in [2.05, 4.69) is 15.4 Å². The Kier molecular flexibility index (Phi) is 4.51. The van der Waals surface area contributed by atoms with Crippen LogP contribution in [0.4, 0.5) is 0 Å². The molecule has 0 aliphatic heterocycles. The van der Waals surface area contributed by atoms with Crippen molar-refractivity contribution in [2.45, 2.75) is 52.7 Å². The monoisotopic (exact) mass is 329 g/mol. The topological polar surface area (TPSA) is 81.8 Å². The second kappa shape index (κ2) is 6.59. The van der Waals surface area contributed by atoms with Crippen LogP contribution in [-0.4, -0.2) is 25.2 Å². The molecule has 0 aromatic carbocycles. The Labute approximate surface area is 140 Å². The minimum atomic E-state index is -0.343. The molecular weight excluding hydrogens is 306 g/mol. The van der Waals surface area contributed by atoms with Gasteiger partial charge in [-0.1, -0.05) is 0 Å². The molecule has 0 radical (unpaired) electrons. The number of rotatable bonds is 6. The quantitative estimate of drug-likeness (QED) is 0.874. The fourth-order valence-electron chi connectivity index (χ4n) is 3.04. The average Bonchev–Trinajstić information content (AvgIpc) is 3.29. The van der Waals surface area contributed by atoms with Crippen molar-refractivity contribution >= 4 is 5.91 Å². The van der Waals surface area contributed by atoms with Crippen LogP contribution in [0.25, 0.3) is 0 Å². The highest BCUT2D eigenvalue weighted by molar-refractivity contribution is 5.94. The summed E-state index contributed by atoms with van der Waals surface area (Å²) in [4.78, 5) is 29.5. The van der Waals surface area contributed by atoms with Gasteiger partial charge in [0.2, 0.25) is 0 Å². The number of aryl methyl sites for hydroxylation is 2. The van der Waals surface area contributed by atoms with E-state index < -0.39 is 0 Å². The van der Waals surface area contributed by atoms with E-state index in [1.165, 1.54) is 6.33 Å². The molecule has 1 fully saturated rings. The van der Waals surface area contributed by atoms with E-state index in [0.717, 1.165) is 24.4 Å². The summed E-state index contributed by atoms with van der Waals surface area (Å²) >= 11 is 0. The predicted molar refractivity (Wildman–Crippen MR) is 89.7 cm³/mol. The Hall–Kier alpha value is -2.44. The van der Waals surface area contributed by atoms with Gasteiger partial charge >= 0.3 is 0 Å². The van der Waals surface area contributed by atoms with Gasteiger partial charge in [0.25, 0.3) is 11.5 Å². The third-order valence-corrected chi connectivity index (χ3v) is 4.56. The lowest BCUT2D eigenvalue weighted by Gasteiger charge is -2.18. The predicted octanol–water partition coefficient (Wildman–Crippen LogP) is 1.67. The molecule has 1 N–H and O–H groups in total. The number of amides is 1. The highest BCUT2D eigenvalue weighted by Crippen LogP contribution is 2.40. The van der Waals surface area contributed by atoms with Crippen LogP contribution in [0.1, 0.15) is 54.6 Å². The highest BCUT2D eigenvalue weighted by Gasteiger charge is 2.36. The van der Waals surface area contributed by atoms with Crippen LogP contribution in [0.15, 0.2) is 23.3 Å². The van der Waals surface area contributed by atoms with Gasteiger partial charge in [-0.15, -0.1) is 0 Å². The molecule has 128 valence electrons. The molecule has 2 heterocycles. The molecule has 0 bridgehead atoms. The number of carbonyl (C=O) groups excluding carboxylic acids is 1. The molecular formula is C17H23N5O2. The summed E-state index contributed by atoms with van der Waals surface area (Å²) in [6.45, 7) is 6.99. The first-order valence-electron chi connectivity index (χ1n) is 8.45. The van der Waals surface area contributed by atoms with E-state index >= 15 is 0 Å². The number of aromatic nitrogens is 4. The van der Waals surface area contributed by atoms with Gasteiger partial charge in [0, 0.05) is 18.8 Å². The van der Waals surface area contributed by atoms with Gasteiger partial charge in [-0.05, 0) is 51.7 Å². The molecule has 1 amide bonds. The van der Waals surface area contributed by atoms with E-state index in [-0.39, 0.29) is 23.1 Å². The fourth-order valence-corrected chi connectivity index (χ4v) is 3.04. The maximum absolute atomic E-state index is 12.7. The van der Waals surface area contributed by atoms with Crippen LogP contribution in [0.2, 0.25) is 0 Å². The van der Waals surface area contributed by atoms with Crippen molar-refractivity contribution in [1.82, 2.24) is 24.6 Å². The fraction of sp³-hybridized carbons (Fsp3) is 0.529. The van der Waals surface area contributed by atoms with Gasteiger partial charge < -0.3 is 9.88 Å². The molecule has 3 rings (SSSR count). The largest absolute Gasteiger partial charge is 0.342 e. The number of nitrogens with zero attached hydrogens (tertiary/aromatic N) is 4. The van der Waals surface area contributed by atoms with Crippen LogP contribution in [0, 0.1) is 12.8 Å². The summed E-state index contributed by atoms with van der Waals surface area (Å²) in [6.07, 6.45) is 3.61. The van der Waals surface area contributed by atoms with E-state index in [4.69, 9.17) is 0 Å². The van der Waals surface area contributed by atoms with Gasteiger partial charge in [-0.25, -0.2) is 9.67 Å². The number of carbonyl (C=O) groups is 1. The molecule has 1 aliphatic carbocycles. The lowest BCUT2D eigenvalue weighted by Crippen LogP contribution is -2.37. The van der Waals surface area contributed by atoms with Gasteiger partial charge in [0.15, 0.2) is 0 Å². The standard InChI is InChI=1S/C17H23N5O2/c1-4-21-11(3)6-9-13(17(21)24)16(23)20-14(12-7-8-12)15-18-10-19-22(15)5-2/h6,9-10,12,14H,4-5,7-8H2,1-3H3,(H,20,23)/t14-/m1/s1. The highest BCUT2D eigenvalue weighted by atomic mass is 16.2. The molecule has 0 spiro atoms. The van der Waals surface area contributed by atoms with Crippen LogP contribution < -0.4 is 10.9 Å². The lowest BCUT2D eigenvalue weighted by molar-refractivity contribution is 0.0926. The van der Waals surface area contributed by atoms with E-state index in [9.17, 15) is 9.59 Å². The van der Waals surface area contributed by atoms with Crippen molar-refractivity contribution in [3.05, 3.63) is 45.9 Å². The van der Waals surface area contributed by atoms with Crippen molar-refractivity contribution in [3.63, 3.8) is 0 Å². The molecule has 7 nitrogen and oxygen atoms in total. The summed E-state index contributed by atoms with van der Waals surface area (Å²) in [7, 11) is 0. The summed E-state index contributed by atoms with van der Waals surface area (Å²) < 4.78 is 3.40. The number of hydrogen-bond acceptors (Lipinski definition) is 4. The maximum Gasteiger partial charge on any atom is 0.263 e. The molecule has 7 heteroatoms. The number of nitrogens with one attached hydrogen (secondary N) is 1. The van der Waals surface area contributed by atoms with Crippen molar-refractivity contribution in [2.75, 3.05) is 0 Å². The van der Waals surface area contributed by atoms with Gasteiger partial charge in [0.1, 0.15) is 17.7 Å². The summed E-state index contributed by atoms with van der Waals surface area (Å²) in [5, 5.41) is 7.20. The second-order valence-corrected chi connectivity index (χ2v) is 6.16. The average molecular weight is 329 g/mol. The van der Waals surface area contributed by atoms with Gasteiger partial charge in [0.05, 0.1) is 6.04 Å². The van der Waals surface area contributed by atoms with Crippen LogP contribution in [0.5, 0.6) is 0 Å². The van der Waals surface area contributed by atoms with Crippen molar-refractivity contribution in [2.24, 2.45) is 5.92 Å². The minimum Gasteiger partial charge on any atom is -0.342 e. The SMILES string of the molecule is CCn1ncnc1[C@H](NC(=O)c1ccc(C)n(CC)c1=O)C1CC1. The molecule has 0 saturated heterocycles. The number of pyridine rings is 1. The second-order valence-electron chi connectivity index (χ2n) is 6.16. The van der Waals surface area contributed by atoms with Crippen molar-refractivity contribution < 1.29 is 4.79 Å². The first-order chi connectivity index (χ1) is 11.6. The van der Waals surface area contributed by atoms with Gasteiger partial charge in [-0.3, -0.25) is 9.59 Å². The zero-order valence-corrected chi connectivity index (χ0v) is 14.3. The first kappa shape index (κ1) is 16.4. The lowest BCUT2D eigenvalue weighted by atomic mass is 10.1. The molecule has 1 saturated carbocycles. The molecule has 24 heavy (non-hydrogen) atoms. The third-order valence-electron chi connectivity index (χ3n) is 4.56. The Morgan fingerprint density at radius 1 is 1.33 bits per heavy atom. The normalized spacial score (nSPS) is 15.3. The van der Waals surface area contributed by atoms with Crippen LogP contribution in [0.3, 0.4) is 0 Å². The Balaban J connectivity index is 1.89. The maximum atomic E-state index is 12.7. The molecule has 2 aromatic rings. The van der Waals surface area contributed by atoms with Crippen molar-refractivity contribution in [3.8, 4) is 0 Å². The van der Waals surface area contributed by atoms with Gasteiger partial charge in [-0.2, -0.15) is 5.10 Å². The molecule has 1 aliphatic rings. The zero-order valence-electron chi connectivity index (χ0n) is 14.3. The first-order valence-corrected chi connectivity index (χ1v) is 8.45. The van der Waals surface area contributed by atoms with Crippen molar-refractivity contribution in [1.29, 1.82) is 0 Å². The summed E-state index contributed by atoms with van der Waals surface area (Å²) in [6, 6.07) is 3.21. The Bertz CT molecular complexity index is 804. The van der Waals surface area contributed by atoms with E-state index in [1.54, 1.807) is 21.4 Å². The number of hydrogen-bond donors (Lipinski definition) is 1. The van der Waals surface area contributed by atoms with E-state index in [0.29, 0.717) is 19.0 Å².